The lowest BCUT2D eigenvalue weighted by molar-refractivity contribution is 0.0775. The van der Waals surface area contributed by atoms with Crippen LogP contribution in [0, 0.1) is 28.7 Å². The SMILES string of the molecule is C/C=S(\c1cc(F)c(F)c(F)c1)N1CCC2=Cc3c(cnn3-c3ccc(F)cc3)CC2(C(=O)c2cc(OC)ccn2)C1. The van der Waals surface area contributed by atoms with Crippen molar-refractivity contribution in [1.82, 2.24) is 19.1 Å². The first-order chi connectivity index (χ1) is 20.2. The lowest BCUT2D eigenvalue weighted by Crippen LogP contribution is -2.50. The van der Waals surface area contributed by atoms with Crippen LogP contribution in [-0.2, 0) is 6.42 Å². The van der Waals surface area contributed by atoms with Gasteiger partial charge in [0.2, 0.25) is 0 Å². The van der Waals surface area contributed by atoms with Gasteiger partial charge in [0.25, 0.3) is 0 Å². The minimum absolute atomic E-state index is 0.214. The summed E-state index contributed by atoms with van der Waals surface area (Å²) in [5, 5.41) is 6.37. The number of aromatic nitrogens is 3. The van der Waals surface area contributed by atoms with Crippen LogP contribution in [0.1, 0.15) is 35.1 Å². The topological polar surface area (TPSA) is 60.2 Å². The summed E-state index contributed by atoms with van der Waals surface area (Å²) in [5.74, 6) is -4.12. The average Bonchev–Trinajstić information content (AvgIpc) is 3.41. The van der Waals surface area contributed by atoms with Crippen LogP contribution in [0.25, 0.3) is 11.8 Å². The summed E-state index contributed by atoms with van der Waals surface area (Å²) in [5.41, 5.74) is 2.35. The van der Waals surface area contributed by atoms with E-state index in [-0.39, 0.29) is 28.7 Å². The molecule has 2 aliphatic rings. The van der Waals surface area contributed by atoms with Crippen molar-refractivity contribution in [2.75, 3.05) is 20.2 Å². The molecule has 11 heteroatoms. The minimum Gasteiger partial charge on any atom is -0.497 e. The van der Waals surface area contributed by atoms with Crippen molar-refractivity contribution < 1.29 is 27.1 Å². The molecule has 0 spiro atoms. The Hall–Kier alpha value is -4.09. The highest BCUT2D eigenvalue weighted by atomic mass is 32.2. The van der Waals surface area contributed by atoms with E-state index < -0.39 is 33.5 Å². The maximum atomic E-state index is 14.5. The number of Topliss-reactive ketones (excluding diaryl/α,β-unsaturated/α-hetero) is 1. The number of nitrogens with zero attached hydrogens (tertiary/aromatic N) is 4. The first-order valence-corrected chi connectivity index (χ1v) is 14.5. The number of methoxy groups -OCH3 is 1. The maximum absolute atomic E-state index is 14.5. The molecule has 216 valence electrons. The van der Waals surface area contributed by atoms with E-state index in [4.69, 9.17) is 4.74 Å². The van der Waals surface area contributed by atoms with Gasteiger partial charge in [0.05, 0.1) is 30.1 Å². The van der Waals surface area contributed by atoms with Crippen LogP contribution < -0.4 is 4.74 Å². The second-order valence-corrected chi connectivity index (χ2v) is 12.2. The molecule has 0 amide bonds. The molecule has 1 aliphatic carbocycles. The smallest absolute Gasteiger partial charge is 0.194 e. The number of piperidine rings is 1. The standard InChI is InChI=1S/C31H26F4N4O2S/c1-3-42(24-14-25(33)29(35)26(34)15-24)38-11-9-20-12-28-19(17-37-39(28)22-6-4-21(32)5-7-22)16-31(20,18-38)30(40)27-13-23(41-2)8-10-36-27/h3-8,10,12-15,17H,9,11,16,18H2,1-2H3. The van der Waals surface area contributed by atoms with Crippen LogP contribution in [0.3, 0.4) is 0 Å². The Balaban J connectivity index is 1.45. The molecule has 0 N–H and O–H groups in total. The summed E-state index contributed by atoms with van der Waals surface area (Å²) in [7, 11) is 0.576. The fourth-order valence-corrected chi connectivity index (χ4v) is 7.73. The van der Waals surface area contributed by atoms with Gasteiger partial charge in [-0.05, 0) is 79.2 Å². The molecule has 2 unspecified atom stereocenters. The number of benzene rings is 2. The van der Waals surface area contributed by atoms with Crippen molar-refractivity contribution in [2.24, 2.45) is 5.41 Å². The summed E-state index contributed by atoms with van der Waals surface area (Å²) in [6.45, 7) is 2.49. The van der Waals surface area contributed by atoms with Gasteiger partial charge < -0.3 is 4.74 Å². The molecular weight excluding hydrogens is 568 g/mol. The van der Waals surface area contributed by atoms with Gasteiger partial charge in [-0.2, -0.15) is 5.10 Å². The second kappa shape index (κ2) is 11.0. The Morgan fingerprint density at radius 2 is 1.81 bits per heavy atom. The van der Waals surface area contributed by atoms with Gasteiger partial charge in [0.15, 0.2) is 23.2 Å². The number of carbonyl (C=O) groups excluding carboxylic acids is 1. The molecule has 4 aromatic rings. The molecule has 2 aromatic heterocycles. The average molecular weight is 595 g/mol. The van der Waals surface area contributed by atoms with E-state index in [1.165, 1.54) is 25.4 Å². The first kappa shape index (κ1) is 28.0. The highest BCUT2D eigenvalue weighted by Crippen LogP contribution is 2.49. The number of halogens is 4. The third kappa shape index (κ3) is 4.76. The monoisotopic (exact) mass is 594 g/mol. The molecule has 1 saturated heterocycles. The van der Waals surface area contributed by atoms with Gasteiger partial charge in [-0.25, -0.2) is 22.2 Å². The molecule has 1 fully saturated rings. The van der Waals surface area contributed by atoms with Crippen LogP contribution in [0.5, 0.6) is 5.75 Å². The minimum atomic E-state index is -1.52. The van der Waals surface area contributed by atoms with E-state index in [0.29, 0.717) is 30.8 Å². The van der Waals surface area contributed by atoms with E-state index in [1.807, 2.05) is 15.7 Å². The van der Waals surface area contributed by atoms with Crippen molar-refractivity contribution in [2.45, 2.75) is 24.7 Å². The molecule has 6 nitrogen and oxygen atoms in total. The Bertz CT molecular complexity index is 1750. The zero-order valence-electron chi connectivity index (χ0n) is 22.8. The molecule has 0 saturated carbocycles. The van der Waals surface area contributed by atoms with Crippen LogP contribution in [-0.4, -0.2) is 50.4 Å². The lowest BCUT2D eigenvalue weighted by atomic mass is 9.65. The molecule has 0 radical (unpaired) electrons. The number of pyridine rings is 1. The van der Waals surface area contributed by atoms with Crippen molar-refractivity contribution in [3.63, 3.8) is 0 Å². The number of fused-ring (bicyclic) bond motifs is 2. The third-order valence-corrected chi connectivity index (χ3v) is 9.82. The van der Waals surface area contributed by atoms with Gasteiger partial charge >= 0.3 is 0 Å². The van der Waals surface area contributed by atoms with Crippen LogP contribution in [0.2, 0.25) is 0 Å². The van der Waals surface area contributed by atoms with Gasteiger partial charge in [0.1, 0.15) is 17.3 Å². The largest absolute Gasteiger partial charge is 0.497 e. The highest BCUT2D eigenvalue weighted by Gasteiger charge is 2.49. The summed E-state index contributed by atoms with van der Waals surface area (Å²) in [4.78, 5) is 19.1. The molecule has 1 aliphatic heterocycles. The molecule has 0 bridgehead atoms. The fourth-order valence-electron chi connectivity index (χ4n) is 5.77. The van der Waals surface area contributed by atoms with E-state index in [0.717, 1.165) is 29.0 Å². The van der Waals surface area contributed by atoms with E-state index in [1.54, 1.807) is 42.1 Å². The molecule has 6 rings (SSSR count). The Morgan fingerprint density at radius 1 is 1.07 bits per heavy atom. The van der Waals surface area contributed by atoms with Crippen LogP contribution in [0.4, 0.5) is 17.6 Å². The zero-order chi connectivity index (χ0) is 29.6. The number of hydrogen-bond donors (Lipinski definition) is 0. The van der Waals surface area contributed by atoms with Crippen LogP contribution in [0.15, 0.2) is 71.4 Å². The quantitative estimate of drug-likeness (QED) is 0.112. The second-order valence-electron chi connectivity index (χ2n) is 10.1. The summed E-state index contributed by atoms with van der Waals surface area (Å²) in [6.07, 6.45) is 5.97. The summed E-state index contributed by atoms with van der Waals surface area (Å²) < 4.78 is 64.9. The number of ether oxygens (including phenoxy) is 1. The van der Waals surface area contributed by atoms with E-state index >= 15 is 0 Å². The van der Waals surface area contributed by atoms with Crippen molar-refractivity contribution in [3.05, 3.63) is 107 Å². The first-order valence-electron chi connectivity index (χ1n) is 13.2. The Morgan fingerprint density at radius 3 is 2.50 bits per heavy atom. The summed E-state index contributed by atoms with van der Waals surface area (Å²) >= 11 is 0. The molecule has 2 aromatic carbocycles. The summed E-state index contributed by atoms with van der Waals surface area (Å²) in [6, 6.07) is 11.3. The van der Waals surface area contributed by atoms with Gasteiger partial charge in [-0.15, -0.1) is 0 Å². The van der Waals surface area contributed by atoms with Crippen LogP contribution >= 0.6 is 10.7 Å². The lowest BCUT2D eigenvalue weighted by Gasteiger charge is -2.46. The maximum Gasteiger partial charge on any atom is 0.194 e. The zero-order valence-corrected chi connectivity index (χ0v) is 23.6. The van der Waals surface area contributed by atoms with Gasteiger partial charge in [-0.3, -0.25) is 14.1 Å². The number of hydrogen-bond acceptors (Lipinski definition) is 5. The molecule has 3 heterocycles. The van der Waals surface area contributed by atoms with Gasteiger partial charge in [-0.1, -0.05) is 16.2 Å². The Labute approximate surface area is 242 Å². The third-order valence-electron chi connectivity index (χ3n) is 7.79. The number of carbonyl (C=O) groups is 1. The van der Waals surface area contributed by atoms with Crippen molar-refractivity contribution in [1.29, 1.82) is 0 Å². The van der Waals surface area contributed by atoms with Crippen molar-refractivity contribution in [3.8, 4) is 11.4 Å². The number of rotatable bonds is 6. The van der Waals surface area contributed by atoms with Gasteiger partial charge in [0, 0.05) is 30.2 Å². The normalized spacial score (nSPS) is 19.1. The van der Waals surface area contributed by atoms with E-state index in [2.05, 4.69) is 10.1 Å². The van der Waals surface area contributed by atoms with E-state index in [9.17, 15) is 22.4 Å². The highest BCUT2D eigenvalue weighted by molar-refractivity contribution is 8.13. The van der Waals surface area contributed by atoms with Crippen molar-refractivity contribution >= 4 is 27.9 Å². The predicted octanol–water partition coefficient (Wildman–Crippen LogP) is 6.41. The Kier molecular flexibility index (Phi) is 7.32. The fraction of sp³-hybridized carbons (Fsp3) is 0.226. The molecular formula is C31H26F4N4O2S. The predicted molar refractivity (Wildman–Crippen MR) is 153 cm³/mol. The number of ketones is 1. The molecule has 42 heavy (non-hydrogen) atoms. The molecule has 2 atom stereocenters.